The molecule has 2 aromatic carbocycles. The van der Waals surface area contributed by atoms with Crippen LogP contribution in [0.15, 0.2) is 36.4 Å². The molecule has 0 N–H and O–H groups in total. The van der Waals surface area contributed by atoms with Gasteiger partial charge in [-0.15, -0.1) is 0 Å². The van der Waals surface area contributed by atoms with Crippen LogP contribution in [-0.4, -0.2) is 12.9 Å². The van der Waals surface area contributed by atoms with Gasteiger partial charge in [-0.1, -0.05) is 12.1 Å². The first kappa shape index (κ1) is 13.2. The number of halogens is 2. The van der Waals surface area contributed by atoms with E-state index in [9.17, 15) is 13.6 Å². The Kier molecular flexibility index (Phi) is 3.60. The van der Waals surface area contributed by atoms with Crippen LogP contribution in [-0.2, 0) is 0 Å². The number of methoxy groups -OCH3 is 1. The molecule has 0 saturated heterocycles. The molecule has 2 nitrogen and oxygen atoms in total. The van der Waals surface area contributed by atoms with E-state index in [-0.39, 0.29) is 11.1 Å². The molecule has 0 amide bonds. The summed E-state index contributed by atoms with van der Waals surface area (Å²) in [4.78, 5) is 12.2. The maximum atomic E-state index is 13.6. The molecule has 0 aliphatic rings. The molecule has 2 aromatic rings. The van der Waals surface area contributed by atoms with Crippen molar-refractivity contribution in [3.63, 3.8) is 0 Å². The maximum Gasteiger partial charge on any atom is 0.199 e. The van der Waals surface area contributed by atoms with E-state index < -0.39 is 17.4 Å². The zero-order valence-corrected chi connectivity index (χ0v) is 10.5. The molecule has 98 valence electrons. The van der Waals surface area contributed by atoms with Gasteiger partial charge in [0.2, 0.25) is 0 Å². The summed E-state index contributed by atoms with van der Waals surface area (Å²) >= 11 is 0. The lowest BCUT2D eigenvalue weighted by Crippen LogP contribution is -2.07. The Hall–Kier alpha value is -2.23. The zero-order valence-electron chi connectivity index (χ0n) is 10.5. The second kappa shape index (κ2) is 5.18. The zero-order chi connectivity index (χ0) is 14.0. The lowest BCUT2D eigenvalue weighted by Gasteiger charge is -2.09. The van der Waals surface area contributed by atoms with Crippen molar-refractivity contribution in [2.45, 2.75) is 6.92 Å². The standard InChI is InChI=1S/C15H12F2O2/c1-9-6-7-10(13(8-9)19-2)15(18)11-4-3-5-12(16)14(11)17/h3-8H,1-2H3. The third-order valence-corrected chi connectivity index (χ3v) is 2.80. The average molecular weight is 262 g/mol. The molecule has 2 rings (SSSR count). The highest BCUT2D eigenvalue weighted by Gasteiger charge is 2.19. The number of hydrogen-bond acceptors (Lipinski definition) is 2. The smallest absolute Gasteiger partial charge is 0.199 e. The van der Waals surface area contributed by atoms with E-state index in [4.69, 9.17) is 4.74 Å². The number of ether oxygens (including phenoxy) is 1. The van der Waals surface area contributed by atoms with Gasteiger partial charge in [-0.25, -0.2) is 8.78 Å². The summed E-state index contributed by atoms with van der Waals surface area (Å²) in [5, 5.41) is 0. The van der Waals surface area contributed by atoms with Crippen molar-refractivity contribution >= 4 is 5.78 Å². The van der Waals surface area contributed by atoms with E-state index in [0.717, 1.165) is 11.6 Å². The van der Waals surface area contributed by atoms with Crippen molar-refractivity contribution in [3.05, 3.63) is 64.7 Å². The molecular weight excluding hydrogens is 250 g/mol. The number of rotatable bonds is 3. The van der Waals surface area contributed by atoms with Crippen molar-refractivity contribution in [1.82, 2.24) is 0 Å². The highest BCUT2D eigenvalue weighted by atomic mass is 19.2. The van der Waals surface area contributed by atoms with Crippen LogP contribution < -0.4 is 4.74 Å². The Morgan fingerprint density at radius 3 is 2.53 bits per heavy atom. The number of benzene rings is 2. The molecule has 0 heterocycles. The maximum absolute atomic E-state index is 13.6. The number of carbonyl (C=O) groups excluding carboxylic acids is 1. The minimum absolute atomic E-state index is 0.206. The second-order valence-electron chi connectivity index (χ2n) is 4.13. The van der Waals surface area contributed by atoms with E-state index in [1.807, 2.05) is 6.92 Å². The van der Waals surface area contributed by atoms with Crippen LogP contribution in [0.1, 0.15) is 21.5 Å². The van der Waals surface area contributed by atoms with Crippen LogP contribution in [0.4, 0.5) is 8.78 Å². The Labute approximate surface area is 109 Å². The molecule has 0 aromatic heterocycles. The largest absolute Gasteiger partial charge is 0.496 e. The Morgan fingerprint density at radius 2 is 1.84 bits per heavy atom. The van der Waals surface area contributed by atoms with E-state index in [1.54, 1.807) is 18.2 Å². The lowest BCUT2D eigenvalue weighted by atomic mass is 10.0. The first-order chi connectivity index (χ1) is 9.04. The van der Waals surface area contributed by atoms with Gasteiger partial charge in [-0.3, -0.25) is 4.79 Å². The first-order valence-corrected chi connectivity index (χ1v) is 5.68. The van der Waals surface area contributed by atoms with Crippen LogP contribution in [0.3, 0.4) is 0 Å². The van der Waals surface area contributed by atoms with E-state index in [0.29, 0.717) is 5.75 Å². The summed E-state index contributed by atoms with van der Waals surface area (Å²) in [5.74, 6) is -2.45. The van der Waals surface area contributed by atoms with Gasteiger partial charge in [0.25, 0.3) is 0 Å². The number of aryl methyl sites for hydroxylation is 1. The van der Waals surface area contributed by atoms with E-state index >= 15 is 0 Å². The van der Waals surface area contributed by atoms with Crippen molar-refractivity contribution in [2.24, 2.45) is 0 Å². The Bertz CT molecular complexity index is 636. The monoisotopic (exact) mass is 262 g/mol. The number of ketones is 1. The fourth-order valence-electron chi connectivity index (χ4n) is 1.81. The highest BCUT2D eigenvalue weighted by Crippen LogP contribution is 2.24. The summed E-state index contributed by atoms with van der Waals surface area (Å²) in [7, 11) is 1.42. The molecule has 0 saturated carbocycles. The quantitative estimate of drug-likeness (QED) is 0.791. The molecule has 4 heteroatoms. The molecule has 0 aliphatic carbocycles. The number of hydrogen-bond donors (Lipinski definition) is 0. The third-order valence-electron chi connectivity index (χ3n) is 2.80. The van der Waals surface area contributed by atoms with Gasteiger partial charge < -0.3 is 4.74 Å². The summed E-state index contributed by atoms with van der Waals surface area (Å²) in [5.41, 5.74) is 0.813. The van der Waals surface area contributed by atoms with Crippen molar-refractivity contribution in [2.75, 3.05) is 7.11 Å². The lowest BCUT2D eigenvalue weighted by molar-refractivity contribution is 0.103. The van der Waals surface area contributed by atoms with Gasteiger partial charge in [0, 0.05) is 0 Å². The molecule has 19 heavy (non-hydrogen) atoms. The SMILES string of the molecule is COc1cc(C)ccc1C(=O)c1cccc(F)c1F. The van der Waals surface area contributed by atoms with Gasteiger partial charge in [-0.2, -0.15) is 0 Å². The topological polar surface area (TPSA) is 26.3 Å². The molecule has 0 aliphatic heterocycles. The summed E-state index contributed by atoms with van der Waals surface area (Å²) in [6.45, 7) is 1.85. The number of carbonyl (C=O) groups is 1. The van der Waals surface area contributed by atoms with Gasteiger partial charge in [0.15, 0.2) is 17.4 Å². The van der Waals surface area contributed by atoms with Crippen LogP contribution >= 0.6 is 0 Å². The van der Waals surface area contributed by atoms with E-state index in [1.165, 1.54) is 19.2 Å². The van der Waals surface area contributed by atoms with Gasteiger partial charge in [0.1, 0.15) is 5.75 Å². The van der Waals surface area contributed by atoms with Gasteiger partial charge in [0.05, 0.1) is 18.2 Å². The van der Waals surface area contributed by atoms with Crippen molar-refractivity contribution in [3.8, 4) is 5.75 Å². The normalized spacial score (nSPS) is 10.3. The van der Waals surface area contributed by atoms with Crippen LogP contribution in [0.25, 0.3) is 0 Å². The minimum atomic E-state index is -1.14. The molecule has 0 bridgehead atoms. The van der Waals surface area contributed by atoms with Crippen molar-refractivity contribution in [1.29, 1.82) is 0 Å². The Morgan fingerprint density at radius 1 is 1.11 bits per heavy atom. The second-order valence-corrected chi connectivity index (χ2v) is 4.13. The summed E-state index contributed by atoms with van der Waals surface area (Å²) < 4.78 is 31.9. The highest BCUT2D eigenvalue weighted by molar-refractivity contribution is 6.10. The first-order valence-electron chi connectivity index (χ1n) is 5.68. The van der Waals surface area contributed by atoms with Crippen LogP contribution in [0.5, 0.6) is 5.75 Å². The predicted molar refractivity (Wildman–Crippen MR) is 67.5 cm³/mol. The molecule has 0 atom stereocenters. The van der Waals surface area contributed by atoms with Crippen LogP contribution in [0.2, 0.25) is 0 Å². The molecule has 0 fully saturated rings. The fraction of sp³-hybridized carbons (Fsp3) is 0.133. The summed E-state index contributed by atoms with van der Waals surface area (Å²) in [6, 6.07) is 8.45. The van der Waals surface area contributed by atoms with Gasteiger partial charge >= 0.3 is 0 Å². The summed E-state index contributed by atoms with van der Waals surface area (Å²) in [6.07, 6.45) is 0. The Balaban J connectivity index is 2.53. The molecule has 0 radical (unpaired) electrons. The molecular formula is C15H12F2O2. The van der Waals surface area contributed by atoms with Gasteiger partial charge in [-0.05, 0) is 36.8 Å². The molecule has 0 unspecified atom stereocenters. The average Bonchev–Trinajstić information content (AvgIpc) is 2.41. The molecule has 0 spiro atoms. The minimum Gasteiger partial charge on any atom is -0.496 e. The van der Waals surface area contributed by atoms with Crippen molar-refractivity contribution < 1.29 is 18.3 Å². The predicted octanol–water partition coefficient (Wildman–Crippen LogP) is 3.51. The fourth-order valence-corrected chi connectivity index (χ4v) is 1.81. The van der Waals surface area contributed by atoms with E-state index in [2.05, 4.69) is 0 Å². The van der Waals surface area contributed by atoms with Crippen LogP contribution in [0, 0.1) is 18.6 Å². The third kappa shape index (κ3) is 2.47.